The number of ether oxygens (including phenoxy) is 1. The van der Waals surface area contributed by atoms with Gasteiger partial charge in [0.25, 0.3) is 0 Å². The van der Waals surface area contributed by atoms with Gasteiger partial charge in [-0.15, -0.1) is 0 Å². The number of aryl methyl sites for hydroxylation is 1. The molecule has 1 aromatic carbocycles. The van der Waals surface area contributed by atoms with Crippen LogP contribution in [0.2, 0.25) is 0 Å². The number of hydrogen-bond acceptors (Lipinski definition) is 2. The third kappa shape index (κ3) is 3.48. The maximum atomic E-state index is 11.3. The van der Waals surface area contributed by atoms with Crippen molar-refractivity contribution in [2.24, 2.45) is 0 Å². The van der Waals surface area contributed by atoms with E-state index >= 15 is 0 Å². The van der Waals surface area contributed by atoms with Crippen molar-refractivity contribution in [2.45, 2.75) is 39.0 Å². The van der Waals surface area contributed by atoms with Crippen molar-refractivity contribution in [1.29, 1.82) is 0 Å². The van der Waals surface area contributed by atoms with Crippen LogP contribution in [0.3, 0.4) is 0 Å². The standard InChI is InChI=1S/C14H20O3/c1-4-5-6-11(14(15)16)12-9-10(2)7-8-13(12)17-3/h7-9,11H,4-6H2,1-3H3,(H,15,16). The molecule has 0 spiro atoms. The van der Waals surface area contributed by atoms with Gasteiger partial charge in [0.1, 0.15) is 5.75 Å². The Bertz CT molecular complexity index is 385. The molecule has 0 radical (unpaired) electrons. The first kappa shape index (κ1) is 13.6. The van der Waals surface area contributed by atoms with Crippen LogP contribution in [0, 0.1) is 6.92 Å². The van der Waals surface area contributed by atoms with Crippen LogP contribution in [0.4, 0.5) is 0 Å². The third-order valence-electron chi connectivity index (χ3n) is 2.91. The Morgan fingerprint density at radius 1 is 1.47 bits per heavy atom. The molecular formula is C14H20O3. The maximum Gasteiger partial charge on any atom is 0.311 e. The van der Waals surface area contributed by atoms with E-state index in [1.54, 1.807) is 7.11 Å². The summed E-state index contributed by atoms with van der Waals surface area (Å²) in [5, 5.41) is 9.31. The van der Waals surface area contributed by atoms with Gasteiger partial charge >= 0.3 is 5.97 Å². The van der Waals surface area contributed by atoms with Gasteiger partial charge in [-0.25, -0.2) is 0 Å². The molecule has 0 saturated heterocycles. The zero-order chi connectivity index (χ0) is 12.8. The molecule has 0 aliphatic heterocycles. The number of rotatable bonds is 6. The summed E-state index contributed by atoms with van der Waals surface area (Å²) in [6.45, 7) is 4.02. The van der Waals surface area contributed by atoms with Crippen LogP contribution in [-0.4, -0.2) is 18.2 Å². The van der Waals surface area contributed by atoms with Crippen molar-refractivity contribution >= 4 is 5.97 Å². The van der Waals surface area contributed by atoms with Gasteiger partial charge in [-0.3, -0.25) is 4.79 Å². The number of hydrogen-bond donors (Lipinski definition) is 1. The molecule has 1 aromatic rings. The summed E-state index contributed by atoms with van der Waals surface area (Å²) in [5.41, 5.74) is 1.84. The second-order valence-electron chi connectivity index (χ2n) is 4.28. The molecule has 0 fully saturated rings. The van der Waals surface area contributed by atoms with Gasteiger partial charge in [-0.2, -0.15) is 0 Å². The number of carbonyl (C=O) groups is 1. The Balaban J connectivity index is 3.07. The molecular weight excluding hydrogens is 216 g/mol. The number of benzene rings is 1. The summed E-state index contributed by atoms with van der Waals surface area (Å²) in [6.07, 6.45) is 2.57. The second-order valence-corrected chi connectivity index (χ2v) is 4.28. The topological polar surface area (TPSA) is 46.5 Å². The van der Waals surface area contributed by atoms with Crippen LogP contribution in [0.1, 0.15) is 43.2 Å². The lowest BCUT2D eigenvalue weighted by Gasteiger charge is -2.16. The van der Waals surface area contributed by atoms with Gasteiger partial charge in [-0.1, -0.05) is 37.5 Å². The first-order valence-electron chi connectivity index (χ1n) is 5.97. The van der Waals surface area contributed by atoms with E-state index in [4.69, 9.17) is 4.74 Å². The Hall–Kier alpha value is -1.51. The van der Waals surface area contributed by atoms with Crippen LogP contribution in [-0.2, 0) is 4.79 Å². The highest BCUT2D eigenvalue weighted by Crippen LogP contribution is 2.31. The molecule has 0 aromatic heterocycles. The fraction of sp³-hybridized carbons (Fsp3) is 0.500. The van der Waals surface area contributed by atoms with Crippen LogP contribution < -0.4 is 4.74 Å². The van der Waals surface area contributed by atoms with Gasteiger partial charge < -0.3 is 9.84 Å². The monoisotopic (exact) mass is 236 g/mol. The van der Waals surface area contributed by atoms with Gasteiger partial charge in [0.15, 0.2) is 0 Å². The predicted molar refractivity (Wildman–Crippen MR) is 67.6 cm³/mol. The summed E-state index contributed by atoms with van der Waals surface area (Å²) in [4.78, 5) is 11.3. The molecule has 1 atom stereocenters. The highest BCUT2D eigenvalue weighted by molar-refractivity contribution is 5.77. The van der Waals surface area contributed by atoms with E-state index < -0.39 is 11.9 Å². The van der Waals surface area contributed by atoms with E-state index in [9.17, 15) is 9.90 Å². The molecule has 0 amide bonds. The van der Waals surface area contributed by atoms with Crippen LogP contribution in [0.5, 0.6) is 5.75 Å². The molecule has 3 nitrogen and oxygen atoms in total. The van der Waals surface area contributed by atoms with E-state index in [2.05, 4.69) is 6.92 Å². The van der Waals surface area contributed by atoms with E-state index in [-0.39, 0.29) is 0 Å². The third-order valence-corrected chi connectivity index (χ3v) is 2.91. The number of carboxylic acid groups (broad SMARTS) is 1. The van der Waals surface area contributed by atoms with Crippen molar-refractivity contribution in [1.82, 2.24) is 0 Å². The predicted octanol–water partition coefficient (Wildman–Crippen LogP) is 3.36. The Kier molecular flexibility index (Phi) is 5.01. The first-order chi connectivity index (χ1) is 8.10. The molecule has 1 unspecified atom stereocenters. The molecule has 0 aliphatic carbocycles. The average molecular weight is 236 g/mol. The first-order valence-corrected chi connectivity index (χ1v) is 5.97. The van der Waals surface area contributed by atoms with Crippen LogP contribution in [0.15, 0.2) is 18.2 Å². The zero-order valence-electron chi connectivity index (χ0n) is 10.7. The van der Waals surface area contributed by atoms with Crippen molar-refractivity contribution in [2.75, 3.05) is 7.11 Å². The molecule has 0 heterocycles. The Morgan fingerprint density at radius 2 is 2.18 bits per heavy atom. The molecule has 0 saturated carbocycles. The van der Waals surface area contributed by atoms with E-state index in [0.29, 0.717) is 12.2 Å². The van der Waals surface area contributed by atoms with Crippen molar-refractivity contribution in [3.8, 4) is 5.75 Å². The summed E-state index contributed by atoms with van der Waals surface area (Å²) in [5.74, 6) is -0.578. The Morgan fingerprint density at radius 3 is 2.71 bits per heavy atom. The number of carboxylic acids is 1. The van der Waals surface area contributed by atoms with Crippen molar-refractivity contribution in [3.05, 3.63) is 29.3 Å². The molecule has 1 N–H and O–H groups in total. The second kappa shape index (κ2) is 6.28. The minimum atomic E-state index is -0.776. The smallest absolute Gasteiger partial charge is 0.311 e. The number of unbranched alkanes of at least 4 members (excludes halogenated alkanes) is 1. The highest BCUT2D eigenvalue weighted by atomic mass is 16.5. The molecule has 0 aliphatic rings. The lowest BCUT2D eigenvalue weighted by Crippen LogP contribution is -2.13. The van der Waals surface area contributed by atoms with E-state index in [0.717, 1.165) is 24.0 Å². The number of aliphatic carboxylic acids is 1. The summed E-state index contributed by atoms with van der Waals surface area (Å²) >= 11 is 0. The fourth-order valence-corrected chi connectivity index (χ4v) is 1.95. The summed E-state index contributed by atoms with van der Waals surface area (Å²) in [6, 6.07) is 5.68. The lowest BCUT2D eigenvalue weighted by molar-refractivity contribution is -0.139. The maximum absolute atomic E-state index is 11.3. The van der Waals surface area contributed by atoms with E-state index in [1.165, 1.54) is 0 Å². The average Bonchev–Trinajstić information content (AvgIpc) is 2.29. The minimum absolute atomic E-state index is 0.468. The molecule has 1 rings (SSSR count). The molecule has 17 heavy (non-hydrogen) atoms. The van der Waals surface area contributed by atoms with Crippen LogP contribution in [0.25, 0.3) is 0 Å². The minimum Gasteiger partial charge on any atom is -0.496 e. The normalized spacial score (nSPS) is 12.2. The van der Waals surface area contributed by atoms with Gasteiger partial charge in [-0.05, 0) is 19.4 Å². The van der Waals surface area contributed by atoms with Gasteiger partial charge in [0.05, 0.1) is 13.0 Å². The van der Waals surface area contributed by atoms with Crippen molar-refractivity contribution < 1.29 is 14.6 Å². The van der Waals surface area contributed by atoms with Crippen molar-refractivity contribution in [3.63, 3.8) is 0 Å². The fourth-order valence-electron chi connectivity index (χ4n) is 1.95. The van der Waals surface area contributed by atoms with Crippen LogP contribution >= 0.6 is 0 Å². The number of methoxy groups -OCH3 is 1. The van der Waals surface area contributed by atoms with Gasteiger partial charge in [0.2, 0.25) is 0 Å². The quantitative estimate of drug-likeness (QED) is 0.823. The van der Waals surface area contributed by atoms with Gasteiger partial charge in [0, 0.05) is 5.56 Å². The molecule has 0 bridgehead atoms. The molecule has 3 heteroatoms. The molecule has 94 valence electrons. The highest BCUT2D eigenvalue weighted by Gasteiger charge is 2.22. The largest absolute Gasteiger partial charge is 0.496 e. The SMILES string of the molecule is CCCCC(C(=O)O)c1cc(C)ccc1OC. The lowest BCUT2D eigenvalue weighted by atomic mass is 9.92. The van der Waals surface area contributed by atoms with E-state index in [1.807, 2.05) is 25.1 Å². The Labute approximate surface area is 102 Å². The summed E-state index contributed by atoms with van der Waals surface area (Å²) < 4.78 is 5.25. The zero-order valence-corrected chi connectivity index (χ0v) is 10.7. The summed E-state index contributed by atoms with van der Waals surface area (Å²) in [7, 11) is 1.58.